The van der Waals surface area contributed by atoms with Gasteiger partial charge in [-0.3, -0.25) is 4.79 Å². The predicted octanol–water partition coefficient (Wildman–Crippen LogP) is 3.02. The number of piperazine rings is 1. The first kappa shape index (κ1) is 19.2. The number of carbonyl (C=O) groups is 1. The van der Waals surface area contributed by atoms with Crippen molar-refractivity contribution in [3.05, 3.63) is 56.7 Å². The largest absolute Gasteiger partial charge is 0.482 e. The molecule has 3 rings (SSSR count). The van der Waals surface area contributed by atoms with Crippen LogP contribution in [0.25, 0.3) is 0 Å². The first-order valence-corrected chi connectivity index (χ1v) is 8.90. The molecular formula is C17H16Cl2N4O4. The number of hydrogen-bond acceptors (Lipinski definition) is 6. The van der Waals surface area contributed by atoms with Crippen molar-refractivity contribution in [1.82, 2.24) is 9.88 Å². The molecule has 1 aromatic carbocycles. The van der Waals surface area contributed by atoms with Crippen molar-refractivity contribution < 1.29 is 14.5 Å². The van der Waals surface area contributed by atoms with Crippen LogP contribution in [-0.4, -0.2) is 53.5 Å². The van der Waals surface area contributed by atoms with Gasteiger partial charge in [0.1, 0.15) is 5.75 Å². The minimum Gasteiger partial charge on any atom is -0.482 e. The third kappa shape index (κ3) is 4.78. The lowest BCUT2D eigenvalue weighted by atomic mass is 10.2. The molecule has 1 amide bonds. The van der Waals surface area contributed by atoms with Crippen LogP contribution in [0.4, 0.5) is 11.5 Å². The zero-order chi connectivity index (χ0) is 19.4. The van der Waals surface area contributed by atoms with Crippen LogP contribution < -0.4 is 9.64 Å². The van der Waals surface area contributed by atoms with E-state index in [0.717, 1.165) is 5.69 Å². The summed E-state index contributed by atoms with van der Waals surface area (Å²) < 4.78 is 5.48. The van der Waals surface area contributed by atoms with E-state index in [9.17, 15) is 14.9 Å². The predicted molar refractivity (Wildman–Crippen MR) is 102 cm³/mol. The summed E-state index contributed by atoms with van der Waals surface area (Å²) in [7, 11) is 0. The van der Waals surface area contributed by atoms with Gasteiger partial charge in [-0.1, -0.05) is 23.2 Å². The van der Waals surface area contributed by atoms with Gasteiger partial charge in [0.2, 0.25) is 0 Å². The lowest BCUT2D eigenvalue weighted by molar-refractivity contribution is -0.389. The number of rotatable bonds is 5. The maximum Gasteiger partial charge on any atom is 0.363 e. The van der Waals surface area contributed by atoms with Crippen molar-refractivity contribution in [3.8, 4) is 5.75 Å². The second kappa shape index (κ2) is 8.41. The SMILES string of the molecule is O=C(COc1ccc(Cl)cc1Cl)N1CCN(c2ccc([N+](=O)[O-])nc2)CC1. The Morgan fingerprint density at radius 1 is 1.19 bits per heavy atom. The highest BCUT2D eigenvalue weighted by Gasteiger charge is 2.23. The highest BCUT2D eigenvalue weighted by atomic mass is 35.5. The fourth-order valence-corrected chi connectivity index (χ4v) is 3.17. The molecule has 0 radical (unpaired) electrons. The molecule has 27 heavy (non-hydrogen) atoms. The van der Waals surface area contributed by atoms with E-state index in [1.54, 1.807) is 29.2 Å². The molecule has 2 heterocycles. The van der Waals surface area contributed by atoms with E-state index in [2.05, 4.69) is 4.98 Å². The summed E-state index contributed by atoms with van der Waals surface area (Å²) in [6, 6.07) is 7.85. The molecule has 8 nitrogen and oxygen atoms in total. The van der Waals surface area contributed by atoms with Crippen molar-refractivity contribution in [1.29, 1.82) is 0 Å². The van der Waals surface area contributed by atoms with Crippen LogP contribution in [0, 0.1) is 10.1 Å². The zero-order valence-corrected chi connectivity index (χ0v) is 15.7. The van der Waals surface area contributed by atoms with Crippen LogP contribution in [0.5, 0.6) is 5.75 Å². The summed E-state index contributed by atoms with van der Waals surface area (Å²) in [5.74, 6) is 0.0815. The standard InChI is InChI=1S/C17H16Cl2N4O4/c18-12-1-3-15(14(19)9-12)27-11-17(24)22-7-5-21(6-8-22)13-2-4-16(20-10-13)23(25)26/h1-4,9-10H,5-8,11H2. The Morgan fingerprint density at radius 3 is 2.52 bits per heavy atom. The molecule has 0 saturated carbocycles. The van der Waals surface area contributed by atoms with Gasteiger partial charge in [-0.05, 0) is 34.2 Å². The number of hydrogen-bond donors (Lipinski definition) is 0. The van der Waals surface area contributed by atoms with E-state index >= 15 is 0 Å². The summed E-state index contributed by atoms with van der Waals surface area (Å²) in [4.78, 5) is 30.0. The lowest BCUT2D eigenvalue weighted by Gasteiger charge is -2.35. The van der Waals surface area contributed by atoms with E-state index in [4.69, 9.17) is 27.9 Å². The van der Waals surface area contributed by atoms with E-state index in [0.29, 0.717) is 42.0 Å². The van der Waals surface area contributed by atoms with Crippen LogP contribution in [0.1, 0.15) is 0 Å². The molecule has 10 heteroatoms. The first-order chi connectivity index (χ1) is 12.9. The van der Waals surface area contributed by atoms with Crippen molar-refractivity contribution in [2.24, 2.45) is 0 Å². The number of benzene rings is 1. The molecular weight excluding hydrogens is 395 g/mol. The van der Waals surface area contributed by atoms with E-state index in [-0.39, 0.29) is 18.3 Å². The van der Waals surface area contributed by atoms with Crippen LogP contribution >= 0.6 is 23.2 Å². The molecule has 0 N–H and O–H groups in total. The van der Waals surface area contributed by atoms with Crippen molar-refractivity contribution >= 4 is 40.6 Å². The first-order valence-electron chi connectivity index (χ1n) is 8.15. The molecule has 0 atom stereocenters. The van der Waals surface area contributed by atoms with Crippen molar-refractivity contribution in [2.45, 2.75) is 0 Å². The minimum absolute atomic E-state index is 0.111. The Kier molecular flexibility index (Phi) is 5.98. The Bertz CT molecular complexity index is 839. The second-order valence-electron chi connectivity index (χ2n) is 5.86. The van der Waals surface area contributed by atoms with Gasteiger partial charge in [0.15, 0.2) is 12.8 Å². The molecule has 1 saturated heterocycles. The average molecular weight is 411 g/mol. The number of nitrogens with zero attached hydrogens (tertiary/aromatic N) is 4. The minimum atomic E-state index is -0.534. The van der Waals surface area contributed by atoms with E-state index in [1.165, 1.54) is 12.3 Å². The number of nitro groups is 1. The van der Waals surface area contributed by atoms with Gasteiger partial charge >= 0.3 is 5.82 Å². The lowest BCUT2D eigenvalue weighted by Crippen LogP contribution is -2.50. The van der Waals surface area contributed by atoms with Gasteiger partial charge in [0.05, 0.1) is 10.7 Å². The van der Waals surface area contributed by atoms with Crippen LogP contribution in [0.15, 0.2) is 36.5 Å². The van der Waals surface area contributed by atoms with Crippen molar-refractivity contribution in [3.63, 3.8) is 0 Å². The quantitative estimate of drug-likeness (QED) is 0.555. The normalized spacial score (nSPS) is 14.1. The van der Waals surface area contributed by atoms with Gasteiger partial charge < -0.3 is 24.7 Å². The van der Waals surface area contributed by atoms with Crippen LogP contribution in [0.2, 0.25) is 10.0 Å². The number of aromatic nitrogens is 1. The average Bonchev–Trinajstić information content (AvgIpc) is 2.67. The Labute approximate surface area is 165 Å². The topological polar surface area (TPSA) is 88.8 Å². The molecule has 1 aromatic heterocycles. The molecule has 1 fully saturated rings. The summed E-state index contributed by atoms with van der Waals surface area (Å²) in [6.45, 7) is 2.14. The Hall–Kier alpha value is -2.58. The number of pyridine rings is 1. The van der Waals surface area contributed by atoms with Gasteiger partial charge in [-0.2, -0.15) is 0 Å². The van der Waals surface area contributed by atoms with Gasteiger partial charge in [0, 0.05) is 37.3 Å². The van der Waals surface area contributed by atoms with E-state index < -0.39 is 4.92 Å². The van der Waals surface area contributed by atoms with Gasteiger partial charge in [0.25, 0.3) is 5.91 Å². The smallest absolute Gasteiger partial charge is 0.363 e. The molecule has 1 aliphatic rings. The highest BCUT2D eigenvalue weighted by Crippen LogP contribution is 2.27. The third-order valence-electron chi connectivity index (χ3n) is 4.16. The molecule has 0 bridgehead atoms. The number of carbonyl (C=O) groups excluding carboxylic acids is 1. The zero-order valence-electron chi connectivity index (χ0n) is 14.2. The monoisotopic (exact) mass is 410 g/mol. The molecule has 0 aliphatic carbocycles. The summed E-state index contributed by atoms with van der Waals surface area (Å²) >= 11 is 11.9. The summed E-state index contributed by atoms with van der Waals surface area (Å²) in [5, 5.41) is 11.5. The van der Waals surface area contributed by atoms with Gasteiger partial charge in [-0.25, -0.2) is 0 Å². The summed E-state index contributed by atoms with van der Waals surface area (Å²) in [5.41, 5.74) is 0.789. The summed E-state index contributed by atoms with van der Waals surface area (Å²) in [6.07, 6.45) is 1.47. The second-order valence-corrected chi connectivity index (χ2v) is 6.71. The molecule has 1 aliphatic heterocycles. The number of halogens is 2. The maximum absolute atomic E-state index is 12.3. The van der Waals surface area contributed by atoms with Crippen LogP contribution in [-0.2, 0) is 4.79 Å². The van der Waals surface area contributed by atoms with Crippen molar-refractivity contribution in [2.75, 3.05) is 37.7 Å². The van der Waals surface area contributed by atoms with Gasteiger partial charge in [-0.15, -0.1) is 0 Å². The highest BCUT2D eigenvalue weighted by molar-refractivity contribution is 6.35. The molecule has 2 aromatic rings. The number of ether oxygens (including phenoxy) is 1. The fourth-order valence-electron chi connectivity index (χ4n) is 2.71. The third-order valence-corrected chi connectivity index (χ3v) is 4.69. The molecule has 0 spiro atoms. The maximum atomic E-state index is 12.3. The Balaban J connectivity index is 1.51. The van der Waals surface area contributed by atoms with E-state index in [1.807, 2.05) is 4.90 Å². The fraction of sp³-hybridized carbons (Fsp3) is 0.294. The molecule has 142 valence electrons. The number of anilines is 1. The Morgan fingerprint density at radius 2 is 1.93 bits per heavy atom. The molecule has 0 unspecified atom stereocenters. The number of amides is 1. The van der Waals surface area contributed by atoms with Crippen LogP contribution in [0.3, 0.4) is 0 Å².